The summed E-state index contributed by atoms with van der Waals surface area (Å²) >= 11 is 6.52. The van der Waals surface area contributed by atoms with Crippen molar-refractivity contribution in [3.05, 3.63) is 69.2 Å². The smallest absolute Gasteiger partial charge is 0.118 e. The molecule has 1 fully saturated rings. The number of aryl methyl sites for hydroxylation is 1. The van der Waals surface area contributed by atoms with Gasteiger partial charge >= 0.3 is 0 Å². The second kappa shape index (κ2) is 11.5. The Bertz CT molecular complexity index is 877. The van der Waals surface area contributed by atoms with Crippen LogP contribution in [0.4, 0.5) is 8.78 Å². The molecule has 0 unspecified atom stereocenters. The highest BCUT2D eigenvalue weighted by Gasteiger charge is 2.45. The molecule has 1 aliphatic rings. The van der Waals surface area contributed by atoms with Crippen molar-refractivity contribution in [3.63, 3.8) is 0 Å². The number of hydrogen-bond acceptors (Lipinski definition) is 5. The minimum absolute atomic E-state index is 0.00400. The van der Waals surface area contributed by atoms with Gasteiger partial charge in [0.1, 0.15) is 43.9 Å². The molecule has 3 rings (SSSR count). The van der Waals surface area contributed by atoms with Crippen LogP contribution in [-0.2, 0) is 28.9 Å². The number of benzene rings is 2. The quantitative estimate of drug-likeness (QED) is 0.489. The zero-order valence-corrected chi connectivity index (χ0v) is 18.6. The second-order valence-corrected chi connectivity index (χ2v) is 8.36. The van der Waals surface area contributed by atoms with Gasteiger partial charge in [-0.1, -0.05) is 48.9 Å². The average Bonchev–Trinajstić information content (AvgIpc) is 2.80. The Balaban J connectivity index is 1.97. The lowest BCUT2D eigenvalue weighted by Crippen LogP contribution is -2.55. The van der Waals surface area contributed by atoms with E-state index >= 15 is 0 Å². The van der Waals surface area contributed by atoms with Crippen molar-refractivity contribution in [2.45, 2.75) is 56.9 Å². The van der Waals surface area contributed by atoms with E-state index in [1.165, 1.54) is 5.56 Å². The van der Waals surface area contributed by atoms with Gasteiger partial charge in [-0.3, -0.25) is 0 Å². The molecule has 2 aromatic rings. The second-order valence-electron chi connectivity index (χ2n) is 7.95. The van der Waals surface area contributed by atoms with E-state index in [0.29, 0.717) is 22.6 Å². The van der Waals surface area contributed by atoms with E-state index in [9.17, 15) is 24.1 Å². The Labute approximate surface area is 191 Å². The van der Waals surface area contributed by atoms with Crippen LogP contribution in [-0.4, -0.2) is 59.7 Å². The van der Waals surface area contributed by atoms with Crippen LogP contribution in [0.5, 0.6) is 0 Å². The first-order chi connectivity index (χ1) is 15.4. The van der Waals surface area contributed by atoms with E-state index in [2.05, 4.69) is 6.92 Å². The molecule has 3 N–H and O–H groups in total. The molecule has 0 aromatic heterocycles. The molecule has 2 aromatic carbocycles. The van der Waals surface area contributed by atoms with Gasteiger partial charge in [0, 0.05) is 5.02 Å². The molecule has 0 bridgehead atoms. The molecule has 32 heavy (non-hydrogen) atoms. The molecule has 1 saturated heterocycles. The topological polar surface area (TPSA) is 79.2 Å². The minimum Gasteiger partial charge on any atom is -0.387 e. The molecule has 1 aliphatic heterocycles. The maximum atomic E-state index is 13.4. The third kappa shape index (κ3) is 5.65. The van der Waals surface area contributed by atoms with Crippen molar-refractivity contribution in [2.24, 2.45) is 0 Å². The molecular formula is C24H29ClF2O5. The summed E-state index contributed by atoms with van der Waals surface area (Å²) in [6.45, 7) is 0.264. The van der Waals surface area contributed by atoms with Crippen molar-refractivity contribution >= 4 is 11.6 Å². The van der Waals surface area contributed by atoms with Gasteiger partial charge in [-0.2, -0.15) is 0 Å². The number of rotatable bonds is 9. The number of aliphatic hydroxyl groups is 3. The summed E-state index contributed by atoms with van der Waals surface area (Å²) in [4.78, 5) is 0. The van der Waals surface area contributed by atoms with Crippen molar-refractivity contribution in [1.29, 1.82) is 0 Å². The Morgan fingerprint density at radius 3 is 2.28 bits per heavy atom. The summed E-state index contributed by atoms with van der Waals surface area (Å²) in [6, 6.07) is 11.5. The zero-order chi connectivity index (χ0) is 23.3. The average molecular weight is 471 g/mol. The maximum absolute atomic E-state index is 13.4. The van der Waals surface area contributed by atoms with Crippen LogP contribution in [0.15, 0.2) is 36.4 Å². The number of hydrogen-bond donors (Lipinski definition) is 3. The van der Waals surface area contributed by atoms with Crippen LogP contribution < -0.4 is 0 Å². The molecule has 176 valence electrons. The lowest BCUT2D eigenvalue weighted by atomic mass is 9.88. The van der Waals surface area contributed by atoms with E-state index in [1.54, 1.807) is 12.1 Å². The molecule has 0 saturated carbocycles. The lowest BCUT2D eigenvalue weighted by Gasteiger charge is -2.40. The first-order valence-electron chi connectivity index (χ1n) is 10.7. The predicted molar refractivity (Wildman–Crippen MR) is 117 cm³/mol. The van der Waals surface area contributed by atoms with Gasteiger partial charge in [0.25, 0.3) is 0 Å². The third-order valence-corrected chi connectivity index (χ3v) is 6.14. The summed E-state index contributed by atoms with van der Waals surface area (Å²) in [5.41, 5.74) is 3.96. The fraction of sp³-hybridized carbons (Fsp3) is 0.500. The zero-order valence-electron chi connectivity index (χ0n) is 17.9. The Morgan fingerprint density at radius 2 is 1.66 bits per heavy atom. The Morgan fingerprint density at radius 1 is 0.969 bits per heavy atom. The molecule has 0 amide bonds. The minimum atomic E-state index is -1.59. The lowest BCUT2D eigenvalue weighted by molar-refractivity contribution is -0.227. The summed E-state index contributed by atoms with van der Waals surface area (Å²) in [6.07, 6.45) is -5.61. The first kappa shape index (κ1) is 25.0. The van der Waals surface area contributed by atoms with Gasteiger partial charge in [-0.05, 0) is 46.7 Å². The maximum Gasteiger partial charge on any atom is 0.118 e. The van der Waals surface area contributed by atoms with Gasteiger partial charge in [0.2, 0.25) is 0 Å². The van der Waals surface area contributed by atoms with Crippen molar-refractivity contribution in [2.75, 3.05) is 20.0 Å². The molecule has 0 spiro atoms. The normalized spacial score (nSPS) is 25.8. The van der Waals surface area contributed by atoms with Crippen LogP contribution in [0.3, 0.4) is 0 Å². The van der Waals surface area contributed by atoms with Gasteiger partial charge in [0.05, 0.1) is 13.2 Å². The highest BCUT2D eigenvalue weighted by atomic mass is 35.5. The van der Waals surface area contributed by atoms with Crippen LogP contribution in [0, 0.1) is 0 Å². The standard InChI is InChI=1S/C24H29ClF2O5/c1-2-14-3-5-15(6-4-14)9-16-10-18(17(11-19(16)25)13-31-8-7-26)24-23(30)22(29)21(28)20(12-27)32-24/h3-6,10-11,20-24,28-30H,2,7-9,12-13H2,1H3/t20-,21-,22+,23-,24+/m1/s1. The van der Waals surface area contributed by atoms with Crippen LogP contribution in [0.2, 0.25) is 5.02 Å². The fourth-order valence-corrected chi connectivity index (χ4v) is 4.14. The molecule has 5 nitrogen and oxygen atoms in total. The van der Waals surface area contributed by atoms with Gasteiger partial charge in [0.15, 0.2) is 0 Å². The van der Waals surface area contributed by atoms with E-state index in [-0.39, 0.29) is 13.2 Å². The number of ether oxygens (including phenoxy) is 2. The third-order valence-electron chi connectivity index (χ3n) is 5.78. The monoisotopic (exact) mass is 470 g/mol. The van der Waals surface area contributed by atoms with Gasteiger partial charge in [-0.25, -0.2) is 8.78 Å². The number of halogens is 3. The Kier molecular flexibility index (Phi) is 8.99. The van der Waals surface area contributed by atoms with Gasteiger partial charge < -0.3 is 24.8 Å². The summed E-state index contributed by atoms with van der Waals surface area (Å²) in [7, 11) is 0. The van der Waals surface area contributed by atoms with Gasteiger partial charge in [-0.15, -0.1) is 0 Å². The van der Waals surface area contributed by atoms with E-state index in [0.717, 1.165) is 17.5 Å². The van der Waals surface area contributed by atoms with E-state index in [1.807, 2.05) is 24.3 Å². The summed E-state index contributed by atoms with van der Waals surface area (Å²) in [5, 5.41) is 31.3. The fourth-order valence-electron chi connectivity index (χ4n) is 3.89. The largest absolute Gasteiger partial charge is 0.387 e. The number of aliphatic hydroxyl groups excluding tert-OH is 3. The first-order valence-corrected chi connectivity index (χ1v) is 11.1. The molecule has 0 radical (unpaired) electrons. The Hall–Kier alpha value is -1.61. The highest BCUT2D eigenvalue weighted by molar-refractivity contribution is 6.31. The van der Waals surface area contributed by atoms with Crippen molar-refractivity contribution in [1.82, 2.24) is 0 Å². The molecule has 0 aliphatic carbocycles. The SMILES string of the molecule is CCc1ccc(Cc2cc([C@@H]3O[C@H](CF)[C@@H](O)[C@H](O)[C@H]3O)c(COCCF)cc2Cl)cc1. The van der Waals surface area contributed by atoms with E-state index < -0.39 is 43.9 Å². The molecular weight excluding hydrogens is 442 g/mol. The summed E-state index contributed by atoms with van der Waals surface area (Å²) < 4.78 is 36.9. The molecule has 8 heteroatoms. The van der Waals surface area contributed by atoms with Crippen LogP contribution in [0.1, 0.15) is 40.8 Å². The molecule has 1 heterocycles. The highest BCUT2D eigenvalue weighted by Crippen LogP contribution is 2.37. The molecule has 5 atom stereocenters. The summed E-state index contributed by atoms with van der Waals surface area (Å²) in [5.74, 6) is 0. The predicted octanol–water partition coefficient (Wildman–Crippen LogP) is 3.47. The van der Waals surface area contributed by atoms with Crippen LogP contribution >= 0.6 is 11.6 Å². The van der Waals surface area contributed by atoms with Crippen LogP contribution in [0.25, 0.3) is 0 Å². The van der Waals surface area contributed by atoms with E-state index in [4.69, 9.17) is 21.1 Å². The number of alkyl halides is 2. The van der Waals surface area contributed by atoms with Crippen molar-refractivity contribution in [3.8, 4) is 0 Å². The van der Waals surface area contributed by atoms with Crippen molar-refractivity contribution < 1.29 is 33.6 Å².